The summed E-state index contributed by atoms with van der Waals surface area (Å²) in [7, 11) is 0. The van der Waals surface area contributed by atoms with Gasteiger partial charge in [-0.15, -0.1) is 11.8 Å². The van der Waals surface area contributed by atoms with Gasteiger partial charge in [0, 0.05) is 28.4 Å². The minimum atomic E-state index is -1.14. The van der Waals surface area contributed by atoms with Crippen molar-refractivity contribution >= 4 is 40.9 Å². The van der Waals surface area contributed by atoms with Crippen LogP contribution in [0, 0.1) is 35.5 Å². The summed E-state index contributed by atoms with van der Waals surface area (Å²) >= 11 is 2.83. The van der Waals surface area contributed by atoms with Gasteiger partial charge < -0.3 is 10.1 Å². The van der Waals surface area contributed by atoms with Gasteiger partial charge in [0.05, 0.1) is 16.9 Å². The number of fused-ring (bicyclic) bond motifs is 9. The predicted molar refractivity (Wildman–Crippen MR) is 121 cm³/mol. The molecule has 2 bridgehead atoms. The van der Waals surface area contributed by atoms with E-state index in [2.05, 4.69) is 9.97 Å². The highest BCUT2D eigenvalue weighted by Crippen LogP contribution is 2.68. The number of aliphatic carboxylic acids is 1. The molecule has 172 valence electrons. The quantitative estimate of drug-likeness (QED) is 0.638. The van der Waals surface area contributed by atoms with Crippen molar-refractivity contribution in [1.29, 1.82) is 0 Å². The van der Waals surface area contributed by atoms with Crippen molar-refractivity contribution in [2.45, 2.75) is 42.5 Å². The van der Waals surface area contributed by atoms with E-state index < -0.39 is 23.8 Å². The Bertz CT molecular complexity index is 1220. The Morgan fingerprint density at radius 2 is 1.94 bits per heavy atom. The number of carboxylic acid groups (broad SMARTS) is 1. The van der Waals surface area contributed by atoms with Crippen LogP contribution in [-0.2, 0) is 14.4 Å². The number of aromatic nitrogens is 2. The van der Waals surface area contributed by atoms with Gasteiger partial charge in [0.25, 0.3) is 0 Å². The summed E-state index contributed by atoms with van der Waals surface area (Å²) in [4.78, 5) is 60.5. The average Bonchev–Trinajstić information content (AvgIpc) is 3.49. The van der Waals surface area contributed by atoms with Crippen LogP contribution in [0.4, 0.5) is 0 Å². The third-order valence-electron chi connectivity index (χ3n) is 7.96. The van der Waals surface area contributed by atoms with Crippen LogP contribution < -0.4 is 4.87 Å². The van der Waals surface area contributed by atoms with Crippen LogP contribution in [-0.4, -0.2) is 49.0 Å². The molecule has 2 aliphatic heterocycles. The van der Waals surface area contributed by atoms with Crippen molar-refractivity contribution < 1.29 is 19.5 Å². The fraction of sp³-hybridized carbons (Fsp3) is 0.522. The van der Waals surface area contributed by atoms with E-state index in [-0.39, 0.29) is 51.5 Å². The zero-order valence-corrected chi connectivity index (χ0v) is 19.6. The summed E-state index contributed by atoms with van der Waals surface area (Å²) < 4.78 is 0. The number of amides is 2. The van der Waals surface area contributed by atoms with E-state index in [0.717, 1.165) is 26.8 Å². The van der Waals surface area contributed by atoms with Crippen LogP contribution in [0.2, 0.25) is 0 Å². The number of hydrogen-bond donors (Lipinski definition) is 2. The first-order chi connectivity index (χ1) is 15.8. The highest BCUT2D eigenvalue weighted by molar-refractivity contribution is 8.00. The summed E-state index contributed by atoms with van der Waals surface area (Å²) in [5.74, 6) is -3.17. The molecule has 2 N–H and O–H groups in total. The molecule has 1 saturated heterocycles. The van der Waals surface area contributed by atoms with Crippen LogP contribution in [0.5, 0.6) is 0 Å². The number of imide groups is 1. The lowest BCUT2D eigenvalue weighted by Crippen LogP contribution is -2.49. The Balaban J connectivity index is 1.44. The molecule has 2 saturated carbocycles. The third-order valence-corrected chi connectivity index (χ3v) is 10.6. The lowest BCUT2D eigenvalue weighted by atomic mass is 9.68. The van der Waals surface area contributed by atoms with Gasteiger partial charge >= 0.3 is 10.8 Å². The summed E-state index contributed by atoms with van der Waals surface area (Å²) in [5.41, 5.74) is 1.01. The molecule has 2 aromatic rings. The molecule has 0 unspecified atom stereocenters. The molecule has 4 aliphatic rings. The second-order valence-electron chi connectivity index (χ2n) is 9.82. The number of carbonyl (C=O) groups excluding carboxylic acids is 2. The van der Waals surface area contributed by atoms with Crippen molar-refractivity contribution in [1.82, 2.24) is 14.9 Å². The van der Waals surface area contributed by atoms with E-state index in [9.17, 15) is 24.3 Å². The van der Waals surface area contributed by atoms with Crippen molar-refractivity contribution in [2.24, 2.45) is 35.5 Å². The fourth-order valence-electron chi connectivity index (χ4n) is 6.94. The molecule has 3 fully saturated rings. The lowest BCUT2D eigenvalue weighted by Gasteiger charge is -2.42. The zero-order valence-electron chi connectivity index (χ0n) is 18.0. The first-order valence-electron chi connectivity index (χ1n) is 11.2. The number of rotatable bonds is 4. The number of carboxylic acids is 1. The van der Waals surface area contributed by atoms with Crippen molar-refractivity contribution in [3.8, 4) is 0 Å². The maximum Gasteiger partial charge on any atom is 0.327 e. The summed E-state index contributed by atoms with van der Waals surface area (Å²) in [6.07, 6.45) is 4.31. The van der Waals surface area contributed by atoms with Crippen LogP contribution in [0.25, 0.3) is 0 Å². The minimum absolute atomic E-state index is 0.0196. The van der Waals surface area contributed by atoms with E-state index in [1.165, 1.54) is 11.3 Å². The number of hydrogen-bond acceptors (Lipinski definition) is 7. The number of nitrogens with zero attached hydrogens (tertiary/aromatic N) is 2. The molecule has 6 rings (SSSR count). The minimum Gasteiger partial charge on any atom is -0.480 e. The molecule has 0 radical (unpaired) electrons. The third kappa shape index (κ3) is 2.79. The molecule has 0 aromatic carbocycles. The number of carbonyl (C=O) groups is 3. The molecule has 2 aliphatic carbocycles. The number of likely N-dealkylation sites (tertiary alicyclic amines) is 1. The topological polar surface area (TPSA) is 120 Å². The van der Waals surface area contributed by atoms with Gasteiger partial charge in [-0.25, -0.2) is 4.79 Å². The Morgan fingerprint density at radius 1 is 1.21 bits per heavy atom. The molecule has 8 nitrogen and oxygen atoms in total. The normalized spacial score (nSPS) is 35.0. The number of pyridine rings is 1. The molecular formula is C23H23N3O5S2. The van der Waals surface area contributed by atoms with Crippen LogP contribution in [0.3, 0.4) is 0 Å². The lowest BCUT2D eigenvalue weighted by molar-refractivity contribution is -0.157. The fourth-order valence-corrected chi connectivity index (χ4v) is 9.83. The highest BCUT2D eigenvalue weighted by atomic mass is 32.2. The molecule has 2 aromatic heterocycles. The van der Waals surface area contributed by atoms with Gasteiger partial charge in [0.2, 0.25) is 11.8 Å². The highest BCUT2D eigenvalue weighted by Gasteiger charge is 2.70. The first kappa shape index (κ1) is 21.1. The van der Waals surface area contributed by atoms with Gasteiger partial charge in [-0.05, 0) is 41.7 Å². The molecule has 2 amide bonds. The Morgan fingerprint density at radius 3 is 2.58 bits per heavy atom. The molecule has 0 spiro atoms. The smallest absolute Gasteiger partial charge is 0.327 e. The van der Waals surface area contributed by atoms with Gasteiger partial charge in [0.15, 0.2) is 0 Å². The predicted octanol–water partition coefficient (Wildman–Crippen LogP) is 2.41. The largest absolute Gasteiger partial charge is 0.480 e. The van der Waals surface area contributed by atoms with E-state index >= 15 is 0 Å². The molecule has 10 heteroatoms. The van der Waals surface area contributed by atoms with Crippen LogP contribution in [0.15, 0.2) is 34.3 Å². The SMILES string of the molecule is CC(C)[C@H](C(=O)O)N1C(=O)[C@@H]2[C@H]3C[C@@H]([C@@H]2C1=O)[C@@H]1[C@H](c2cccnc2)c2sc(=O)[nH]c2S[C@H]31. The van der Waals surface area contributed by atoms with Crippen molar-refractivity contribution in [3.63, 3.8) is 0 Å². The molecule has 8 atom stereocenters. The Labute approximate surface area is 197 Å². The van der Waals surface area contributed by atoms with Crippen molar-refractivity contribution in [2.75, 3.05) is 0 Å². The van der Waals surface area contributed by atoms with Gasteiger partial charge in [-0.1, -0.05) is 31.3 Å². The Hall–Kier alpha value is -2.46. The number of nitrogens with one attached hydrogen (secondary N) is 1. The standard InChI is InChI=1S/C23H23N3O5S2/c1-8(2)16(22(29)30)26-20(27)14-10-6-11(15(14)21(26)28)17-13(10)12(9-4-3-5-24-7-9)18-19(32-17)25-23(31)33-18/h3-5,7-8,10-17H,6H2,1-2H3,(H,25,31)(H,29,30)/t10-,11-,12+,13-,14+,15-,16-,17-/m1/s1. The number of thioether (sulfide) groups is 1. The number of thiazole rings is 1. The van der Waals surface area contributed by atoms with E-state index in [1.807, 2.05) is 18.3 Å². The Kier molecular flexibility index (Phi) is 4.65. The summed E-state index contributed by atoms with van der Waals surface area (Å²) in [6.45, 7) is 3.45. The van der Waals surface area contributed by atoms with Crippen LogP contribution >= 0.6 is 23.1 Å². The van der Waals surface area contributed by atoms with E-state index in [4.69, 9.17) is 0 Å². The second-order valence-corrected chi connectivity index (χ2v) is 12.0. The van der Waals surface area contributed by atoms with Crippen LogP contribution in [0.1, 0.15) is 36.6 Å². The van der Waals surface area contributed by atoms with Gasteiger partial charge in [0.1, 0.15) is 6.04 Å². The van der Waals surface area contributed by atoms with E-state index in [0.29, 0.717) is 0 Å². The second kappa shape index (κ2) is 7.27. The first-order valence-corrected chi connectivity index (χ1v) is 12.9. The maximum absolute atomic E-state index is 13.6. The number of H-pyrrole nitrogens is 1. The molecule has 33 heavy (non-hydrogen) atoms. The van der Waals surface area contributed by atoms with E-state index in [1.54, 1.807) is 31.8 Å². The number of aromatic amines is 1. The maximum atomic E-state index is 13.6. The molecule has 4 heterocycles. The summed E-state index contributed by atoms with van der Waals surface area (Å²) in [6, 6.07) is 2.75. The van der Waals surface area contributed by atoms with Gasteiger partial charge in [-0.2, -0.15) is 0 Å². The van der Waals surface area contributed by atoms with Crippen molar-refractivity contribution in [3.05, 3.63) is 44.6 Å². The molecular weight excluding hydrogens is 462 g/mol. The van der Waals surface area contributed by atoms with Gasteiger partial charge in [-0.3, -0.25) is 24.3 Å². The average molecular weight is 486 g/mol. The monoisotopic (exact) mass is 485 g/mol. The summed E-state index contributed by atoms with van der Waals surface area (Å²) in [5, 5.41) is 10.7. The zero-order chi connectivity index (χ0) is 23.2.